The lowest BCUT2D eigenvalue weighted by molar-refractivity contribution is -0.116. The number of nitrogens with zero attached hydrogens (tertiary/aromatic N) is 1. The first-order valence-corrected chi connectivity index (χ1v) is 5.68. The average molecular weight is 231 g/mol. The van der Waals surface area contributed by atoms with Crippen LogP contribution in [0.25, 0.3) is 0 Å². The predicted octanol–water partition coefficient (Wildman–Crippen LogP) is 2.01. The molecule has 3 N–H and O–H groups in total. The monoisotopic (exact) mass is 231 g/mol. The summed E-state index contributed by atoms with van der Waals surface area (Å²) in [4.78, 5) is 11.6. The van der Waals surface area contributed by atoms with Gasteiger partial charge in [0, 0.05) is 12.5 Å². The van der Waals surface area contributed by atoms with E-state index in [1.54, 1.807) is 24.3 Å². The Kier molecular flexibility index (Phi) is 5.18. The first kappa shape index (κ1) is 13.2. The molecule has 0 spiro atoms. The molecule has 1 atom stereocenters. The van der Waals surface area contributed by atoms with Crippen molar-refractivity contribution in [1.29, 1.82) is 5.26 Å². The van der Waals surface area contributed by atoms with Gasteiger partial charge in [-0.3, -0.25) is 4.79 Å². The highest BCUT2D eigenvalue weighted by atomic mass is 16.1. The van der Waals surface area contributed by atoms with Crippen molar-refractivity contribution >= 4 is 11.6 Å². The van der Waals surface area contributed by atoms with Gasteiger partial charge in [0.25, 0.3) is 0 Å². The molecular weight excluding hydrogens is 214 g/mol. The second kappa shape index (κ2) is 6.66. The van der Waals surface area contributed by atoms with Gasteiger partial charge >= 0.3 is 0 Å². The summed E-state index contributed by atoms with van der Waals surface area (Å²) in [6.45, 7) is 1.92. The first-order valence-electron chi connectivity index (χ1n) is 5.68. The van der Waals surface area contributed by atoms with Crippen molar-refractivity contribution in [3.05, 3.63) is 29.8 Å². The number of anilines is 1. The highest BCUT2D eigenvalue weighted by Gasteiger charge is 2.06. The van der Waals surface area contributed by atoms with E-state index in [4.69, 9.17) is 11.0 Å². The molecule has 1 unspecified atom stereocenters. The fraction of sp³-hybridized carbons (Fsp3) is 0.385. The zero-order valence-electron chi connectivity index (χ0n) is 9.94. The Morgan fingerprint density at radius 2 is 2.24 bits per heavy atom. The molecule has 1 aromatic rings. The number of carbonyl (C=O) groups is 1. The minimum Gasteiger partial charge on any atom is -0.328 e. The molecule has 4 heteroatoms. The summed E-state index contributed by atoms with van der Waals surface area (Å²) >= 11 is 0. The summed E-state index contributed by atoms with van der Waals surface area (Å²) in [5, 5.41) is 11.6. The molecule has 0 aliphatic carbocycles. The number of nitrogens with one attached hydrogen (secondary N) is 1. The second-order valence-corrected chi connectivity index (χ2v) is 4.08. The van der Waals surface area contributed by atoms with Gasteiger partial charge in [-0.1, -0.05) is 12.1 Å². The van der Waals surface area contributed by atoms with E-state index >= 15 is 0 Å². The third kappa shape index (κ3) is 4.66. The van der Waals surface area contributed by atoms with Crippen LogP contribution < -0.4 is 11.1 Å². The Labute approximate surface area is 101 Å². The van der Waals surface area contributed by atoms with Crippen LogP contribution in [0.5, 0.6) is 0 Å². The van der Waals surface area contributed by atoms with Crippen LogP contribution in [0.15, 0.2) is 24.3 Å². The number of nitriles is 1. The molecule has 0 saturated carbocycles. The maximum Gasteiger partial charge on any atom is 0.224 e. The fourth-order valence-corrected chi connectivity index (χ4v) is 1.49. The van der Waals surface area contributed by atoms with Crippen molar-refractivity contribution in [3.63, 3.8) is 0 Å². The lowest BCUT2D eigenvalue weighted by atomic mass is 10.1. The standard InChI is InChI=1S/C13H17N3O/c1-10(15)5-4-8-13(17)16-12-7-3-2-6-11(12)9-14/h2-3,6-7,10H,4-5,8,15H2,1H3,(H,16,17). The Morgan fingerprint density at radius 3 is 2.88 bits per heavy atom. The van der Waals surface area contributed by atoms with E-state index < -0.39 is 0 Å². The van der Waals surface area contributed by atoms with E-state index in [9.17, 15) is 4.79 Å². The highest BCUT2D eigenvalue weighted by molar-refractivity contribution is 5.92. The molecule has 0 saturated heterocycles. The molecule has 1 rings (SSSR count). The molecule has 1 amide bonds. The van der Waals surface area contributed by atoms with Crippen LogP contribution in [0.3, 0.4) is 0 Å². The number of rotatable bonds is 5. The summed E-state index contributed by atoms with van der Waals surface area (Å²) in [7, 11) is 0. The van der Waals surface area contributed by atoms with Crippen molar-refractivity contribution < 1.29 is 4.79 Å². The quantitative estimate of drug-likeness (QED) is 0.813. The number of carbonyl (C=O) groups excluding carboxylic acids is 1. The molecule has 0 bridgehead atoms. The molecule has 90 valence electrons. The third-order valence-corrected chi connectivity index (χ3v) is 2.38. The van der Waals surface area contributed by atoms with E-state index in [-0.39, 0.29) is 11.9 Å². The SMILES string of the molecule is CC(N)CCCC(=O)Nc1ccccc1C#N. The fourth-order valence-electron chi connectivity index (χ4n) is 1.49. The van der Waals surface area contributed by atoms with Crippen molar-refractivity contribution in [2.24, 2.45) is 5.73 Å². The van der Waals surface area contributed by atoms with E-state index in [1.165, 1.54) is 0 Å². The van der Waals surface area contributed by atoms with Gasteiger partial charge in [0.2, 0.25) is 5.91 Å². The summed E-state index contributed by atoms with van der Waals surface area (Å²) in [5.74, 6) is -0.0756. The number of para-hydroxylation sites is 1. The molecule has 0 heterocycles. The molecular formula is C13H17N3O. The molecule has 17 heavy (non-hydrogen) atoms. The van der Waals surface area contributed by atoms with Gasteiger partial charge in [0.1, 0.15) is 6.07 Å². The summed E-state index contributed by atoms with van der Waals surface area (Å²) in [5.41, 5.74) is 6.65. The second-order valence-electron chi connectivity index (χ2n) is 4.08. The van der Waals surface area contributed by atoms with Crippen molar-refractivity contribution in [1.82, 2.24) is 0 Å². The molecule has 0 aliphatic rings. The molecule has 0 aliphatic heterocycles. The van der Waals surface area contributed by atoms with Gasteiger partial charge in [-0.05, 0) is 31.9 Å². The van der Waals surface area contributed by atoms with Gasteiger partial charge in [-0.15, -0.1) is 0 Å². The maximum absolute atomic E-state index is 11.6. The Hall–Kier alpha value is -1.86. The van der Waals surface area contributed by atoms with E-state index in [0.717, 1.165) is 12.8 Å². The van der Waals surface area contributed by atoms with Crippen LogP contribution in [0, 0.1) is 11.3 Å². The van der Waals surface area contributed by atoms with Crippen LogP contribution in [0.1, 0.15) is 31.7 Å². The van der Waals surface area contributed by atoms with Crippen molar-refractivity contribution in [2.75, 3.05) is 5.32 Å². The molecule has 0 fully saturated rings. The summed E-state index contributed by atoms with van der Waals surface area (Å²) in [6, 6.07) is 9.12. The first-order chi connectivity index (χ1) is 8.13. The number of nitrogens with two attached hydrogens (primary N) is 1. The Balaban J connectivity index is 2.48. The molecule has 1 aromatic carbocycles. The third-order valence-electron chi connectivity index (χ3n) is 2.38. The minimum absolute atomic E-state index is 0.0756. The van der Waals surface area contributed by atoms with Gasteiger partial charge in [-0.25, -0.2) is 0 Å². The van der Waals surface area contributed by atoms with Gasteiger partial charge in [-0.2, -0.15) is 5.26 Å². The largest absolute Gasteiger partial charge is 0.328 e. The molecule has 0 radical (unpaired) electrons. The van der Waals surface area contributed by atoms with Crippen LogP contribution in [0.2, 0.25) is 0 Å². The summed E-state index contributed by atoms with van der Waals surface area (Å²) in [6.07, 6.45) is 2.02. The van der Waals surface area contributed by atoms with Crippen molar-refractivity contribution in [3.8, 4) is 6.07 Å². The van der Waals surface area contributed by atoms with Gasteiger partial charge < -0.3 is 11.1 Å². The van der Waals surface area contributed by atoms with E-state index in [1.807, 2.05) is 13.0 Å². The topological polar surface area (TPSA) is 78.9 Å². The normalized spacial score (nSPS) is 11.6. The smallest absolute Gasteiger partial charge is 0.224 e. The van der Waals surface area contributed by atoms with Crippen molar-refractivity contribution in [2.45, 2.75) is 32.2 Å². The molecule has 0 aromatic heterocycles. The highest BCUT2D eigenvalue weighted by Crippen LogP contribution is 2.14. The van der Waals surface area contributed by atoms with E-state index in [0.29, 0.717) is 17.7 Å². The zero-order valence-corrected chi connectivity index (χ0v) is 9.94. The minimum atomic E-state index is -0.0756. The van der Waals surface area contributed by atoms with Gasteiger partial charge in [0.15, 0.2) is 0 Å². The Morgan fingerprint density at radius 1 is 1.53 bits per heavy atom. The van der Waals surface area contributed by atoms with Crippen LogP contribution in [-0.4, -0.2) is 11.9 Å². The summed E-state index contributed by atoms with van der Waals surface area (Å²) < 4.78 is 0. The number of hydrogen-bond donors (Lipinski definition) is 2. The van der Waals surface area contributed by atoms with Crippen LogP contribution in [-0.2, 0) is 4.79 Å². The zero-order chi connectivity index (χ0) is 12.7. The number of hydrogen-bond acceptors (Lipinski definition) is 3. The average Bonchev–Trinajstić information content (AvgIpc) is 2.29. The van der Waals surface area contributed by atoms with Gasteiger partial charge in [0.05, 0.1) is 11.3 Å². The predicted molar refractivity (Wildman–Crippen MR) is 67.3 cm³/mol. The lowest BCUT2D eigenvalue weighted by Crippen LogP contribution is -2.17. The number of amides is 1. The Bertz CT molecular complexity index is 421. The van der Waals surface area contributed by atoms with Crippen LogP contribution >= 0.6 is 0 Å². The number of benzene rings is 1. The lowest BCUT2D eigenvalue weighted by Gasteiger charge is -2.07. The maximum atomic E-state index is 11.6. The van der Waals surface area contributed by atoms with Crippen LogP contribution in [0.4, 0.5) is 5.69 Å². The van der Waals surface area contributed by atoms with E-state index in [2.05, 4.69) is 5.32 Å². The molecule has 4 nitrogen and oxygen atoms in total.